The van der Waals surface area contributed by atoms with Crippen LogP contribution in [-0.4, -0.2) is 87.2 Å². The van der Waals surface area contributed by atoms with Crippen molar-refractivity contribution in [1.29, 1.82) is 0 Å². The number of fused-ring (bicyclic) bond motifs is 1. The molecule has 0 radical (unpaired) electrons. The number of carbonyl (C=O) groups is 3. The minimum absolute atomic E-state index is 0.177. The number of hydrogen-bond acceptors (Lipinski definition) is 8. The average molecular weight is 735 g/mol. The fraction of sp³-hybridized carbons (Fsp3) is 0.486. The number of alkyl halides is 2. The molecule has 2 aromatic carbocycles. The number of carbonyl (C=O) groups excluding carboxylic acids is 3. The number of nitrogens with one attached hydrogen (secondary N) is 2. The molecule has 13 nitrogen and oxygen atoms in total. The Morgan fingerprint density at radius 2 is 1.69 bits per heavy atom. The summed E-state index contributed by atoms with van der Waals surface area (Å²) in [4.78, 5) is 66.3. The van der Waals surface area contributed by atoms with Gasteiger partial charge in [-0.2, -0.15) is 0 Å². The quantitative estimate of drug-likeness (QED) is 0.185. The number of rotatable bonds is 11. The first-order chi connectivity index (χ1) is 23.7. The number of aromatic nitrogens is 1. The molecule has 278 valence electrons. The van der Waals surface area contributed by atoms with E-state index in [0.29, 0.717) is 28.1 Å². The van der Waals surface area contributed by atoms with E-state index >= 15 is 0 Å². The number of benzene rings is 2. The van der Waals surface area contributed by atoms with Gasteiger partial charge in [-0.05, 0) is 38.3 Å². The van der Waals surface area contributed by atoms with E-state index in [1.807, 2.05) is 30.3 Å². The second-order valence-corrected chi connectivity index (χ2v) is 16.2. The lowest BCUT2D eigenvalue weighted by atomic mass is 9.85. The Kier molecular flexibility index (Phi) is 12.0. The molecular formula is C35H45F2N4O9P. The van der Waals surface area contributed by atoms with Crippen LogP contribution in [0, 0.1) is 5.41 Å². The summed E-state index contributed by atoms with van der Waals surface area (Å²) in [5.41, 5.74) is 0.0941. The molecule has 1 fully saturated rings. The monoisotopic (exact) mass is 734 g/mol. The molecule has 2 heterocycles. The molecule has 4 atom stereocenters. The van der Waals surface area contributed by atoms with Crippen molar-refractivity contribution >= 4 is 36.4 Å². The molecule has 1 aliphatic heterocycles. The summed E-state index contributed by atoms with van der Waals surface area (Å²) >= 11 is 0. The standard InChI is InChI=1S/C35H45F2N4O9P/c1-34(2,3)30(40-33(44)50-35(4,5)6)32(43)41-19-22(16-26(41)31(42)39-29(18-28(36)37)51(45,46)47)49-27-17-24(20-11-9-8-10-12-20)38-25-15-21(48-7)13-14-23(25)27/h8-15,17,22,26,28-30H,16,18-19H2,1-7H3,(H,39,42)(H,40,44)(H2,45,46,47)/t22-,26+,29?,30-/m1/s1. The van der Waals surface area contributed by atoms with E-state index in [2.05, 4.69) is 10.6 Å². The van der Waals surface area contributed by atoms with Crippen molar-refractivity contribution in [2.24, 2.45) is 5.41 Å². The van der Waals surface area contributed by atoms with Gasteiger partial charge in [0.2, 0.25) is 18.2 Å². The van der Waals surface area contributed by atoms with Gasteiger partial charge in [-0.3, -0.25) is 14.2 Å². The maximum atomic E-state index is 14.3. The molecule has 3 aromatic rings. The maximum Gasteiger partial charge on any atom is 0.408 e. The Balaban J connectivity index is 1.74. The molecule has 1 saturated heterocycles. The molecule has 0 spiro atoms. The van der Waals surface area contributed by atoms with Crippen molar-refractivity contribution in [1.82, 2.24) is 20.5 Å². The van der Waals surface area contributed by atoms with Gasteiger partial charge < -0.3 is 39.5 Å². The number of likely N-dealkylation sites (tertiary alicyclic amines) is 1. The molecule has 0 saturated carbocycles. The Bertz CT molecular complexity index is 1780. The van der Waals surface area contributed by atoms with Gasteiger partial charge in [0.05, 0.1) is 24.9 Å². The van der Waals surface area contributed by atoms with Gasteiger partial charge in [-0.15, -0.1) is 0 Å². The predicted octanol–water partition coefficient (Wildman–Crippen LogP) is 5.47. The number of amides is 3. The molecule has 16 heteroatoms. The lowest BCUT2D eigenvalue weighted by molar-refractivity contribution is -0.142. The first kappa shape index (κ1) is 39.5. The fourth-order valence-corrected chi connectivity index (χ4v) is 6.39. The Morgan fingerprint density at radius 1 is 1.02 bits per heavy atom. The highest BCUT2D eigenvalue weighted by molar-refractivity contribution is 7.52. The predicted molar refractivity (Wildman–Crippen MR) is 185 cm³/mol. The van der Waals surface area contributed by atoms with Crippen molar-refractivity contribution in [3.05, 3.63) is 54.6 Å². The minimum Gasteiger partial charge on any atom is -0.497 e. The maximum absolute atomic E-state index is 14.3. The van der Waals surface area contributed by atoms with Gasteiger partial charge in [0.25, 0.3) is 0 Å². The lowest BCUT2D eigenvalue weighted by Gasteiger charge is -2.36. The van der Waals surface area contributed by atoms with Crippen molar-refractivity contribution in [2.75, 3.05) is 13.7 Å². The molecule has 4 rings (SSSR count). The van der Waals surface area contributed by atoms with Crippen molar-refractivity contribution in [3.8, 4) is 22.8 Å². The first-order valence-corrected chi connectivity index (χ1v) is 18.0. The van der Waals surface area contributed by atoms with Crippen LogP contribution < -0.4 is 20.1 Å². The molecule has 0 aliphatic carbocycles. The van der Waals surface area contributed by atoms with E-state index in [1.54, 1.807) is 65.8 Å². The van der Waals surface area contributed by atoms with E-state index in [1.165, 1.54) is 7.11 Å². The molecule has 1 unspecified atom stereocenters. The summed E-state index contributed by atoms with van der Waals surface area (Å²) in [7, 11) is -3.70. The van der Waals surface area contributed by atoms with Gasteiger partial charge in [-0.1, -0.05) is 51.1 Å². The SMILES string of the molecule is COc1ccc2c(O[C@@H]3C[C@@H](C(=O)NC(CC(F)F)P(=O)(O)O)N(C(=O)[C@@H](NC(=O)OC(C)(C)C)C(C)(C)C)C3)cc(-c3ccccc3)nc2c1. The largest absolute Gasteiger partial charge is 0.497 e. The van der Waals surface area contributed by atoms with Crippen LogP contribution in [-0.2, 0) is 18.9 Å². The van der Waals surface area contributed by atoms with E-state index in [-0.39, 0.29) is 13.0 Å². The third-order valence-corrected chi connectivity index (χ3v) is 9.23. The van der Waals surface area contributed by atoms with Crippen molar-refractivity contribution in [2.45, 2.75) is 90.4 Å². The number of nitrogens with zero attached hydrogens (tertiary/aromatic N) is 2. The van der Waals surface area contributed by atoms with Crippen molar-refractivity contribution in [3.63, 3.8) is 0 Å². The zero-order valence-electron chi connectivity index (χ0n) is 29.6. The van der Waals surface area contributed by atoms with Crippen LogP contribution in [0.15, 0.2) is 54.6 Å². The van der Waals surface area contributed by atoms with Crippen LogP contribution in [0.2, 0.25) is 0 Å². The van der Waals surface area contributed by atoms with Gasteiger partial charge in [0.1, 0.15) is 41.1 Å². The topological polar surface area (TPSA) is 177 Å². The highest BCUT2D eigenvalue weighted by Gasteiger charge is 2.47. The van der Waals surface area contributed by atoms with E-state index in [0.717, 1.165) is 10.5 Å². The number of pyridine rings is 1. The first-order valence-electron chi connectivity index (χ1n) is 16.3. The highest BCUT2D eigenvalue weighted by atomic mass is 31.2. The van der Waals surface area contributed by atoms with Crippen LogP contribution in [0.1, 0.15) is 54.4 Å². The third kappa shape index (κ3) is 10.4. The second kappa shape index (κ2) is 15.5. The summed E-state index contributed by atoms with van der Waals surface area (Å²) in [6, 6.07) is 13.6. The van der Waals surface area contributed by atoms with E-state index in [9.17, 15) is 37.5 Å². The fourth-order valence-electron chi connectivity index (χ4n) is 5.66. The number of alkyl carbamates (subject to hydrolysis) is 1. The smallest absolute Gasteiger partial charge is 0.408 e. The lowest BCUT2D eigenvalue weighted by Crippen LogP contribution is -2.58. The zero-order valence-corrected chi connectivity index (χ0v) is 30.4. The van der Waals surface area contributed by atoms with E-state index < -0.39 is 73.3 Å². The van der Waals surface area contributed by atoms with Crippen LogP contribution in [0.3, 0.4) is 0 Å². The highest BCUT2D eigenvalue weighted by Crippen LogP contribution is 2.43. The van der Waals surface area contributed by atoms with Gasteiger partial charge in [0.15, 0.2) is 0 Å². The molecule has 1 aliphatic rings. The normalized spacial score (nSPS) is 17.9. The number of hydrogen-bond donors (Lipinski definition) is 4. The Hall–Kier alpha value is -4.33. The van der Waals surface area contributed by atoms with Crippen LogP contribution in [0.5, 0.6) is 11.5 Å². The molecule has 3 amide bonds. The average Bonchev–Trinajstić information content (AvgIpc) is 3.45. The summed E-state index contributed by atoms with van der Waals surface area (Å²) in [6.07, 6.45) is -6.37. The van der Waals surface area contributed by atoms with Crippen molar-refractivity contribution < 1.29 is 51.7 Å². The van der Waals surface area contributed by atoms with E-state index in [4.69, 9.17) is 19.2 Å². The summed E-state index contributed by atoms with van der Waals surface area (Å²) in [5.74, 6) is -3.06. The van der Waals surface area contributed by atoms with Crippen LogP contribution in [0.25, 0.3) is 22.2 Å². The summed E-state index contributed by atoms with van der Waals surface area (Å²) in [5, 5.41) is 5.25. The van der Waals surface area contributed by atoms with Crippen LogP contribution in [0.4, 0.5) is 13.6 Å². The zero-order chi connectivity index (χ0) is 37.9. The molecule has 51 heavy (non-hydrogen) atoms. The minimum atomic E-state index is -5.23. The Labute approximate surface area is 295 Å². The summed E-state index contributed by atoms with van der Waals surface area (Å²) in [6.45, 7) is 9.85. The summed E-state index contributed by atoms with van der Waals surface area (Å²) < 4.78 is 56.0. The molecule has 1 aromatic heterocycles. The van der Waals surface area contributed by atoms with Gasteiger partial charge in [-0.25, -0.2) is 18.6 Å². The molecular weight excluding hydrogens is 689 g/mol. The van der Waals surface area contributed by atoms with Crippen LogP contribution >= 0.6 is 7.60 Å². The molecule has 0 bridgehead atoms. The second-order valence-electron chi connectivity index (χ2n) is 14.4. The third-order valence-electron chi connectivity index (χ3n) is 8.08. The molecule has 4 N–H and O–H groups in total. The number of halogens is 2. The number of methoxy groups -OCH3 is 1. The Morgan fingerprint density at radius 3 is 2.25 bits per heavy atom. The van der Waals surface area contributed by atoms with Gasteiger partial charge >= 0.3 is 13.7 Å². The van der Waals surface area contributed by atoms with Gasteiger partial charge in [0, 0.05) is 35.9 Å². The number of ether oxygens (including phenoxy) is 3.